The van der Waals surface area contributed by atoms with Crippen molar-refractivity contribution >= 4 is 5.97 Å². The summed E-state index contributed by atoms with van der Waals surface area (Å²) in [7, 11) is 0. The maximum atomic E-state index is 10.8. The minimum atomic E-state index is -0.977. The standard InChI is InChI=1S/C12H15NO5/c14-9-2-1-8(10(15)5-9)6-13-3-4-18-11(7-13)12(16)17/h1-2,5,11,14-15H,3-4,6-7H2,(H,16,17). The van der Waals surface area contributed by atoms with Gasteiger partial charge < -0.3 is 20.1 Å². The van der Waals surface area contributed by atoms with Gasteiger partial charge in [0.1, 0.15) is 11.5 Å². The van der Waals surface area contributed by atoms with Crippen molar-refractivity contribution in [2.45, 2.75) is 12.6 Å². The van der Waals surface area contributed by atoms with Crippen LogP contribution >= 0.6 is 0 Å². The van der Waals surface area contributed by atoms with Crippen molar-refractivity contribution in [3.05, 3.63) is 23.8 Å². The smallest absolute Gasteiger partial charge is 0.334 e. The van der Waals surface area contributed by atoms with Crippen molar-refractivity contribution in [1.29, 1.82) is 0 Å². The second kappa shape index (κ2) is 5.24. The molecule has 0 radical (unpaired) electrons. The van der Waals surface area contributed by atoms with Gasteiger partial charge in [0.2, 0.25) is 0 Å². The van der Waals surface area contributed by atoms with Gasteiger partial charge in [0.05, 0.1) is 6.61 Å². The topological polar surface area (TPSA) is 90.2 Å². The molecule has 1 aliphatic heterocycles. The Morgan fingerprint density at radius 2 is 2.22 bits per heavy atom. The molecular weight excluding hydrogens is 238 g/mol. The number of nitrogens with zero attached hydrogens (tertiary/aromatic N) is 1. The molecule has 6 heteroatoms. The third kappa shape index (κ3) is 2.91. The van der Waals surface area contributed by atoms with Gasteiger partial charge in [-0.05, 0) is 6.07 Å². The lowest BCUT2D eigenvalue weighted by molar-refractivity contribution is -0.156. The number of carboxylic acid groups (broad SMARTS) is 1. The fourth-order valence-electron chi connectivity index (χ4n) is 1.92. The largest absolute Gasteiger partial charge is 0.508 e. The molecule has 98 valence electrons. The fourth-order valence-corrected chi connectivity index (χ4v) is 1.92. The van der Waals surface area contributed by atoms with Gasteiger partial charge in [0.15, 0.2) is 6.10 Å². The number of aromatic hydroxyl groups is 2. The highest BCUT2D eigenvalue weighted by atomic mass is 16.5. The van der Waals surface area contributed by atoms with Crippen LogP contribution in [0.4, 0.5) is 0 Å². The van der Waals surface area contributed by atoms with Crippen molar-refractivity contribution in [3.63, 3.8) is 0 Å². The van der Waals surface area contributed by atoms with Crippen LogP contribution in [0.5, 0.6) is 11.5 Å². The molecular formula is C12H15NO5. The van der Waals surface area contributed by atoms with Gasteiger partial charge in [0.25, 0.3) is 0 Å². The zero-order chi connectivity index (χ0) is 13.1. The highest BCUT2D eigenvalue weighted by Gasteiger charge is 2.26. The number of rotatable bonds is 3. The maximum absolute atomic E-state index is 10.8. The van der Waals surface area contributed by atoms with Gasteiger partial charge in [0, 0.05) is 31.3 Å². The number of hydrogen-bond acceptors (Lipinski definition) is 5. The van der Waals surface area contributed by atoms with Crippen molar-refractivity contribution in [1.82, 2.24) is 4.90 Å². The zero-order valence-electron chi connectivity index (χ0n) is 9.74. The first-order valence-electron chi connectivity index (χ1n) is 5.64. The second-order valence-corrected chi connectivity index (χ2v) is 4.25. The third-order valence-electron chi connectivity index (χ3n) is 2.89. The van der Waals surface area contributed by atoms with Crippen molar-refractivity contribution < 1.29 is 24.9 Å². The van der Waals surface area contributed by atoms with Crippen molar-refractivity contribution in [2.24, 2.45) is 0 Å². The van der Waals surface area contributed by atoms with E-state index in [9.17, 15) is 15.0 Å². The number of hydrogen-bond donors (Lipinski definition) is 3. The molecule has 1 unspecified atom stereocenters. The van der Waals surface area contributed by atoms with Crippen LogP contribution in [0.15, 0.2) is 18.2 Å². The summed E-state index contributed by atoms with van der Waals surface area (Å²) in [6.07, 6.45) is -0.821. The van der Waals surface area contributed by atoms with Crippen LogP contribution in [0.25, 0.3) is 0 Å². The Kier molecular flexibility index (Phi) is 3.69. The molecule has 0 aromatic heterocycles. The van der Waals surface area contributed by atoms with E-state index in [1.54, 1.807) is 6.07 Å². The van der Waals surface area contributed by atoms with E-state index in [1.807, 2.05) is 4.90 Å². The van der Waals surface area contributed by atoms with E-state index in [-0.39, 0.29) is 18.0 Å². The van der Waals surface area contributed by atoms with Gasteiger partial charge in [-0.2, -0.15) is 0 Å². The zero-order valence-corrected chi connectivity index (χ0v) is 9.74. The van der Waals surface area contributed by atoms with Gasteiger partial charge in [-0.3, -0.25) is 4.90 Å². The molecule has 18 heavy (non-hydrogen) atoms. The van der Waals surface area contributed by atoms with E-state index in [0.29, 0.717) is 25.3 Å². The first kappa shape index (κ1) is 12.7. The highest BCUT2D eigenvalue weighted by molar-refractivity contribution is 5.72. The van der Waals surface area contributed by atoms with Crippen molar-refractivity contribution in [2.75, 3.05) is 19.7 Å². The van der Waals surface area contributed by atoms with E-state index in [0.717, 1.165) is 0 Å². The molecule has 1 aromatic rings. The Morgan fingerprint density at radius 3 is 2.89 bits per heavy atom. The maximum Gasteiger partial charge on any atom is 0.334 e. The van der Waals surface area contributed by atoms with E-state index >= 15 is 0 Å². The molecule has 1 atom stereocenters. The normalized spacial score (nSPS) is 20.8. The van der Waals surface area contributed by atoms with E-state index in [4.69, 9.17) is 9.84 Å². The minimum Gasteiger partial charge on any atom is -0.508 e. The van der Waals surface area contributed by atoms with Crippen LogP contribution in [-0.4, -0.2) is 52.0 Å². The summed E-state index contributed by atoms with van der Waals surface area (Å²) < 4.78 is 5.11. The Morgan fingerprint density at radius 1 is 1.44 bits per heavy atom. The molecule has 0 spiro atoms. The number of phenols is 2. The highest BCUT2D eigenvalue weighted by Crippen LogP contribution is 2.24. The predicted octanol–water partition coefficient (Wildman–Crippen LogP) is 0.383. The predicted molar refractivity (Wildman–Crippen MR) is 62.4 cm³/mol. The number of carboxylic acids is 1. The molecule has 6 nitrogen and oxygen atoms in total. The summed E-state index contributed by atoms with van der Waals surface area (Å²) in [6.45, 7) is 1.69. The van der Waals surface area contributed by atoms with E-state index in [1.165, 1.54) is 12.1 Å². The molecule has 0 bridgehead atoms. The van der Waals surface area contributed by atoms with E-state index in [2.05, 4.69) is 0 Å². The quantitative estimate of drug-likeness (QED) is 0.721. The number of benzene rings is 1. The number of aliphatic carboxylic acids is 1. The average molecular weight is 253 g/mol. The number of phenolic OH excluding ortho intramolecular Hbond substituents is 2. The molecule has 1 saturated heterocycles. The monoisotopic (exact) mass is 253 g/mol. The first-order chi connectivity index (χ1) is 8.56. The summed E-state index contributed by atoms with van der Waals surface area (Å²) in [5.41, 5.74) is 0.652. The molecule has 1 heterocycles. The Balaban J connectivity index is 2.02. The molecule has 1 aliphatic rings. The van der Waals surface area contributed by atoms with Crippen LogP contribution in [0.3, 0.4) is 0 Å². The summed E-state index contributed by atoms with van der Waals surface area (Å²) in [6, 6.07) is 4.38. The second-order valence-electron chi connectivity index (χ2n) is 4.25. The summed E-state index contributed by atoms with van der Waals surface area (Å²) in [4.78, 5) is 12.7. The molecule has 3 N–H and O–H groups in total. The lowest BCUT2D eigenvalue weighted by Gasteiger charge is -2.30. The molecule has 2 rings (SSSR count). The van der Waals surface area contributed by atoms with Crippen molar-refractivity contribution in [3.8, 4) is 11.5 Å². The first-order valence-corrected chi connectivity index (χ1v) is 5.64. The molecule has 0 amide bonds. The Hall–Kier alpha value is -1.79. The van der Waals surface area contributed by atoms with Gasteiger partial charge in [-0.15, -0.1) is 0 Å². The van der Waals surface area contributed by atoms with Crippen LogP contribution in [0.1, 0.15) is 5.56 Å². The van der Waals surface area contributed by atoms with Gasteiger partial charge in [-0.25, -0.2) is 4.79 Å². The van der Waals surface area contributed by atoms with Gasteiger partial charge in [-0.1, -0.05) is 6.07 Å². The van der Waals surface area contributed by atoms with Crippen LogP contribution in [-0.2, 0) is 16.1 Å². The van der Waals surface area contributed by atoms with E-state index < -0.39 is 12.1 Å². The number of carbonyl (C=O) groups is 1. The SMILES string of the molecule is O=C(O)C1CN(Cc2ccc(O)cc2O)CCO1. The molecule has 0 aliphatic carbocycles. The molecule has 1 aromatic carbocycles. The Labute approximate surface area is 104 Å². The summed E-state index contributed by atoms with van der Waals surface area (Å²) in [5.74, 6) is -0.968. The Bertz CT molecular complexity index is 448. The fraction of sp³-hybridized carbons (Fsp3) is 0.417. The van der Waals surface area contributed by atoms with Crippen LogP contribution < -0.4 is 0 Å². The third-order valence-corrected chi connectivity index (χ3v) is 2.89. The van der Waals surface area contributed by atoms with Crippen LogP contribution in [0.2, 0.25) is 0 Å². The molecule has 0 saturated carbocycles. The minimum absolute atomic E-state index is 0.00152. The lowest BCUT2D eigenvalue weighted by atomic mass is 10.1. The lowest BCUT2D eigenvalue weighted by Crippen LogP contribution is -2.45. The number of morpholine rings is 1. The summed E-state index contributed by atoms with van der Waals surface area (Å²) in [5, 5.41) is 27.7. The van der Waals surface area contributed by atoms with Crippen LogP contribution in [0, 0.1) is 0 Å². The molecule has 1 fully saturated rings. The number of ether oxygens (including phenoxy) is 1. The summed E-state index contributed by atoms with van der Waals surface area (Å²) >= 11 is 0. The average Bonchev–Trinajstić information content (AvgIpc) is 2.33. The van der Waals surface area contributed by atoms with Gasteiger partial charge >= 0.3 is 5.97 Å².